The summed E-state index contributed by atoms with van der Waals surface area (Å²) in [6.07, 6.45) is 8.00. The van der Waals surface area contributed by atoms with Crippen molar-refractivity contribution >= 4 is 17.6 Å². The highest BCUT2D eigenvalue weighted by atomic mass is 16.2. The number of hydrogen-bond donors (Lipinski definition) is 1. The maximum Gasteiger partial charge on any atom is 0.255 e. The van der Waals surface area contributed by atoms with Crippen LogP contribution in [0.5, 0.6) is 0 Å². The number of anilines is 1. The van der Waals surface area contributed by atoms with E-state index in [1.54, 1.807) is 24.7 Å². The third kappa shape index (κ3) is 4.13. The van der Waals surface area contributed by atoms with Crippen LogP contribution in [-0.2, 0) is 11.3 Å². The van der Waals surface area contributed by atoms with Gasteiger partial charge in [0, 0.05) is 51.2 Å². The number of nitrogens with zero attached hydrogens (tertiary/aromatic N) is 4. The maximum atomic E-state index is 12.8. The van der Waals surface area contributed by atoms with Crippen LogP contribution in [0.3, 0.4) is 0 Å². The van der Waals surface area contributed by atoms with Crippen molar-refractivity contribution in [3.8, 4) is 0 Å². The van der Waals surface area contributed by atoms with Crippen molar-refractivity contribution in [2.24, 2.45) is 5.92 Å². The lowest BCUT2D eigenvalue weighted by molar-refractivity contribution is -0.133. The van der Waals surface area contributed by atoms with Crippen LogP contribution >= 0.6 is 0 Å². The number of nitrogens with one attached hydrogen (secondary N) is 1. The Morgan fingerprint density at radius 1 is 1.21 bits per heavy atom. The highest BCUT2D eigenvalue weighted by molar-refractivity contribution is 5.94. The third-order valence-corrected chi connectivity index (χ3v) is 5.48. The van der Waals surface area contributed by atoms with E-state index in [2.05, 4.69) is 15.3 Å². The van der Waals surface area contributed by atoms with Crippen molar-refractivity contribution in [3.05, 3.63) is 54.0 Å². The Kier molecular flexibility index (Phi) is 5.23. The molecule has 1 aliphatic heterocycles. The maximum absolute atomic E-state index is 12.8. The van der Waals surface area contributed by atoms with Gasteiger partial charge in [-0.15, -0.1) is 0 Å². The zero-order valence-corrected chi connectivity index (χ0v) is 16.0. The third-order valence-electron chi connectivity index (χ3n) is 5.48. The van der Waals surface area contributed by atoms with Gasteiger partial charge in [-0.1, -0.05) is 6.07 Å². The van der Waals surface area contributed by atoms with Gasteiger partial charge in [-0.3, -0.25) is 14.6 Å². The second-order valence-electron chi connectivity index (χ2n) is 7.56. The van der Waals surface area contributed by atoms with E-state index in [1.807, 2.05) is 35.0 Å². The summed E-state index contributed by atoms with van der Waals surface area (Å²) in [7, 11) is 1.86. The van der Waals surface area contributed by atoms with Crippen LogP contribution < -0.4 is 5.32 Å². The van der Waals surface area contributed by atoms with Crippen molar-refractivity contribution in [1.82, 2.24) is 19.8 Å². The van der Waals surface area contributed by atoms with E-state index in [9.17, 15) is 9.59 Å². The summed E-state index contributed by atoms with van der Waals surface area (Å²) in [5, 5.41) is 3.23. The fraction of sp³-hybridized carbons (Fsp3) is 0.429. The van der Waals surface area contributed by atoms with Crippen LogP contribution in [0.1, 0.15) is 35.2 Å². The standard InChI is InChI=1S/C21H25N5O2/c1-25(20(27)16-4-5-16)18-8-10-26(14-18)21(28)17-6-7-19(24-13-17)23-12-15-3-2-9-22-11-15/h2-3,6-7,9,11,13,16,18H,4-5,8,10,12,14H2,1H3,(H,23,24)/t18-/m0/s1. The normalized spacial score (nSPS) is 18.8. The van der Waals surface area contributed by atoms with Crippen molar-refractivity contribution in [2.45, 2.75) is 31.8 Å². The first kappa shape index (κ1) is 18.4. The minimum absolute atomic E-state index is 0.0268. The number of hydrogen-bond acceptors (Lipinski definition) is 5. The molecule has 2 amide bonds. The van der Waals surface area contributed by atoms with Gasteiger partial charge in [-0.25, -0.2) is 4.98 Å². The van der Waals surface area contributed by atoms with Gasteiger partial charge in [0.1, 0.15) is 5.82 Å². The van der Waals surface area contributed by atoms with Gasteiger partial charge in [0.05, 0.1) is 11.6 Å². The van der Waals surface area contributed by atoms with Gasteiger partial charge < -0.3 is 15.1 Å². The monoisotopic (exact) mass is 379 g/mol. The lowest BCUT2D eigenvalue weighted by atomic mass is 10.2. The molecule has 1 atom stereocenters. The largest absolute Gasteiger partial charge is 0.366 e. The highest BCUT2D eigenvalue weighted by Gasteiger charge is 2.37. The van der Waals surface area contributed by atoms with Gasteiger partial charge >= 0.3 is 0 Å². The molecule has 0 aromatic carbocycles. The van der Waals surface area contributed by atoms with Crippen LogP contribution in [0, 0.1) is 5.92 Å². The Hall–Kier alpha value is -2.96. The topological polar surface area (TPSA) is 78.4 Å². The van der Waals surface area contributed by atoms with E-state index >= 15 is 0 Å². The summed E-state index contributed by atoms with van der Waals surface area (Å²) >= 11 is 0. The van der Waals surface area contributed by atoms with Crippen LogP contribution in [0.4, 0.5) is 5.82 Å². The predicted molar refractivity (Wildman–Crippen MR) is 106 cm³/mol. The van der Waals surface area contributed by atoms with Gasteiger partial charge in [0.15, 0.2) is 0 Å². The van der Waals surface area contributed by atoms with E-state index in [4.69, 9.17) is 0 Å². The lowest BCUT2D eigenvalue weighted by Crippen LogP contribution is -2.40. The summed E-state index contributed by atoms with van der Waals surface area (Å²) < 4.78 is 0. The number of rotatable bonds is 6. The molecule has 1 saturated heterocycles. The summed E-state index contributed by atoms with van der Waals surface area (Å²) in [4.78, 5) is 37.1. The second kappa shape index (κ2) is 7.96. The molecule has 0 unspecified atom stereocenters. The molecule has 1 N–H and O–H groups in total. The van der Waals surface area contributed by atoms with Crippen molar-refractivity contribution in [1.29, 1.82) is 0 Å². The fourth-order valence-corrected chi connectivity index (χ4v) is 3.54. The molecule has 2 fully saturated rings. The Morgan fingerprint density at radius 3 is 2.75 bits per heavy atom. The van der Waals surface area contributed by atoms with Crippen LogP contribution in [0.15, 0.2) is 42.9 Å². The van der Waals surface area contributed by atoms with E-state index in [1.165, 1.54) is 0 Å². The van der Waals surface area contributed by atoms with Crippen molar-refractivity contribution in [3.63, 3.8) is 0 Å². The summed E-state index contributed by atoms with van der Waals surface area (Å²) in [5.41, 5.74) is 1.64. The number of carbonyl (C=O) groups is 2. The lowest BCUT2D eigenvalue weighted by Gasteiger charge is -2.25. The van der Waals surface area contributed by atoms with Crippen LogP contribution in [0.2, 0.25) is 0 Å². The number of likely N-dealkylation sites (tertiary alicyclic amines) is 1. The van der Waals surface area contributed by atoms with Gasteiger partial charge in [0.2, 0.25) is 5.91 Å². The van der Waals surface area contributed by atoms with E-state index in [0.29, 0.717) is 25.2 Å². The molecule has 7 nitrogen and oxygen atoms in total. The van der Waals surface area contributed by atoms with Gasteiger partial charge in [-0.2, -0.15) is 0 Å². The summed E-state index contributed by atoms with van der Waals surface area (Å²) in [6, 6.07) is 7.62. The van der Waals surface area contributed by atoms with E-state index in [-0.39, 0.29) is 23.8 Å². The number of amides is 2. The average Bonchev–Trinajstić information content (AvgIpc) is 3.48. The molecular formula is C21H25N5O2. The molecule has 2 aromatic rings. The first-order valence-corrected chi connectivity index (χ1v) is 9.76. The first-order chi connectivity index (χ1) is 13.6. The smallest absolute Gasteiger partial charge is 0.255 e. The molecule has 1 saturated carbocycles. The average molecular weight is 379 g/mol. The molecular weight excluding hydrogens is 354 g/mol. The van der Waals surface area contributed by atoms with E-state index < -0.39 is 0 Å². The molecule has 4 rings (SSSR count). The zero-order valence-electron chi connectivity index (χ0n) is 16.0. The van der Waals surface area contributed by atoms with Crippen molar-refractivity contribution in [2.75, 3.05) is 25.5 Å². The number of likely N-dealkylation sites (N-methyl/N-ethyl adjacent to an activating group) is 1. The molecule has 2 aromatic heterocycles. The van der Waals surface area contributed by atoms with Crippen LogP contribution in [0.25, 0.3) is 0 Å². The molecule has 28 heavy (non-hydrogen) atoms. The Morgan fingerprint density at radius 2 is 2.07 bits per heavy atom. The molecule has 146 valence electrons. The van der Waals surface area contributed by atoms with Gasteiger partial charge in [-0.05, 0) is 43.0 Å². The minimum Gasteiger partial charge on any atom is -0.366 e. The highest BCUT2D eigenvalue weighted by Crippen LogP contribution is 2.32. The second-order valence-corrected chi connectivity index (χ2v) is 7.56. The first-order valence-electron chi connectivity index (χ1n) is 9.76. The predicted octanol–water partition coefficient (Wildman–Crippen LogP) is 2.17. The number of carbonyl (C=O) groups excluding carboxylic acids is 2. The number of aromatic nitrogens is 2. The summed E-state index contributed by atoms with van der Waals surface area (Å²) in [6.45, 7) is 1.89. The summed E-state index contributed by atoms with van der Waals surface area (Å²) in [5.74, 6) is 1.13. The molecule has 0 bridgehead atoms. The molecule has 1 aliphatic carbocycles. The molecule has 3 heterocycles. The Labute approximate surface area is 164 Å². The quantitative estimate of drug-likeness (QED) is 0.832. The van der Waals surface area contributed by atoms with Crippen LogP contribution in [-0.4, -0.2) is 57.8 Å². The number of pyridine rings is 2. The Bertz CT molecular complexity index is 836. The zero-order chi connectivity index (χ0) is 19.5. The van der Waals surface area contributed by atoms with E-state index in [0.717, 1.165) is 30.6 Å². The van der Waals surface area contributed by atoms with Crippen molar-refractivity contribution < 1.29 is 9.59 Å². The minimum atomic E-state index is -0.0268. The molecule has 0 radical (unpaired) electrons. The fourth-order valence-electron chi connectivity index (χ4n) is 3.54. The SMILES string of the molecule is CN(C(=O)C1CC1)[C@H]1CCN(C(=O)c2ccc(NCc3cccnc3)nc2)C1. The molecule has 0 spiro atoms. The molecule has 2 aliphatic rings. The Balaban J connectivity index is 1.31. The molecule has 7 heteroatoms. The van der Waals surface area contributed by atoms with Gasteiger partial charge in [0.25, 0.3) is 5.91 Å².